The Morgan fingerprint density at radius 3 is 2.57 bits per heavy atom. The zero-order chi connectivity index (χ0) is 15.5. The second-order valence-electron chi connectivity index (χ2n) is 6.66. The molecular weight excluding hydrogens is 266 g/mol. The van der Waals surface area contributed by atoms with Crippen molar-refractivity contribution in [1.29, 1.82) is 0 Å². The number of nitrogens with one attached hydrogen (secondary N) is 1. The Morgan fingerprint density at radius 2 is 1.90 bits per heavy atom. The molecule has 0 bridgehead atoms. The van der Waals surface area contributed by atoms with E-state index >= 15 is 0 Å². The molecule has 1 N–H and O–H groups in total. The molecule has 1 aromatic rings. The smallest absolute Gasteiger partial charge is 0.323 e. The van der Waals surface area contributed by atoms with Gasteiger partial charge in [-0.2, -0.15) is 15.0 Å². The van der Waals surface area contributed by atoms with Gasteiger partial charge in [0.15, 0.2) is 0 Å². The van der Waals surface area contributed by atoms with E-state index in [9.17, 15) is 0 Å². The van der Waals surface area contributed by atoms with Crippen LogP contribution in [0.1, 0.15) is 47.0 Å². The van der Waals surface area contributed by atoms with Crippen LogP contribution in [0.2, 0.25) is 0 Å². The van der Waals surface area contributed by atoms with E-state index in [1.807, 2.05) is 20.9 Å². The zero-order valence-corrected chi connectivity index (χ0v) is 13.8. The number of hydrogen-bond donors (Lipinski definition) is 1. The van der Waals surface area contributed by atoms with Gasteiger partial charge >= 0.3 is 6.01 Å². The van der Waals surface area contributed by atoms with Gasteiger partial charge < -0.3 is 15.0 Å². The minimum absolute atomic E-state index is 0.0491. The van der Waals surface area contributed by atoms with Crippen molar-refractivity contribution in [2.24, 2.45) is 5.41 Å². The van der Waals surface area contributed by atoms with E-state index in [4.69, 9.17) is 4.74 Å². The molecule has 0 aromatic carbocycles. The number of hydrogen-bond acceptors (Lipinski definition) is 6. The van der Waals surface area contributed by atoms with E-state index in [0.29, 0.717) is 23.3 Å². The van der Waals surface area contributed by atoms with Gasteiger partial charge in [-0.05, 0) is 38.5 Å². The molecule has 0 spiro atoms. The largest absolute Gasteiger partial charge is 0.461 e. The standard InChI is InChI=1S/C15H27N5O/c1-11(2)21-14-18-12(16-5)17-13(19-14)20-9-6-7-15(3,4)8-10-20/h11H,6-10H2,1-5H3,(H,16,17,18,19). The lowest BCUT2D eigenvalue weighted by atomic mass is 9.85. The molecule has 0 amide bonds. The van der Waals surface area contributed by atoms with Crippen molar-refractivity contribution >= 4 is 11.9 Å². The summed E-state index contributed by atoms with van der Waals surface area (Å²) < 4.78 is 5.63. The summed E-state index contributed by atoms with van der Waals surface area (Å²) >= 11 is 0. The highest BCUT2D eigenvalue weighted by molar-refractivity contribution is 5.38. The summed E-state index contributed by atoms with van der Waals surface area (Å²) in [7, 11) is 1.81. The SMILES string of the molecule is CNc1nc(OC(C)C)nc(N2CCCC(C)(C)CC2)n1. The Morgan fingerprint density at radius 1 is 1.14 bits per heavy atom. The third kappa shape index (κ3) is 4.44. The number of aromatic nitrogens is 3. The predicted octanol–water partition coefficient (Wildman–Crippen LogP) is 2.72. The maximum Gasteiger partial charge on any atom is 0.323 e. The number of ether oxygens (including phenoxy) is 1. The molecule has 2 heterocycles. The molecule has 1 saturated heterocycles. The minimum atomic E-state index is 0.0491. The molecule has 2 rings (SSSR count). The van der Waals surface area contributed by atoms with Crippen LogP contribution in [0.25, 0.3) is 0 Å². The molecule has 1 aliphatic rings. The van der Waals surface area contributed by atoms with Crippen molar-refractivity contribution in [2.75, 3.05) is 30.4 Å². The Hall–Kier alpha value is -1.59. The lowest BCUT2D eigenvalue weighted by Crippen LogP contribution is -2.27. The molecule has 0 aliphatic carbocycles. The van der Waals surface area contributed by atoms with Gasteiger partial charge in [-0.3, -0.25) is 0 Å². The Balaban J connectivity index is 2.21. The summed E-state index contributed by atoms with van der Waals surface area (Å²) in [6, 6.07) is 0.392. The van der Waals surface area contributed by atoms with Crippen LogP contribution in [-0.2, 0) is 0 Å². The van der Waals surface area contributed by atoms with Crippen molar-refractivity contribution in [3.8, 4) is 6.01 Å². The van der Waals surface area contributed by atoms with Gasteiger partial charge in [0.1, 0.15) is 0 Å². The molecule has 21 heavy (non-hydrogen) atoms. The molecule has 0 saturated carbocycles. The molecular formula is C15H27N5O. The highest BCUT2D eigenvalue weighted by Gasteiger charge is 2.25. The monoisotopic (exact) mass is 293 g/mol. The van der Waals surface area contributed by atoms with Gasteiger partial charge in [0.25, 0.3) is 0 Å². The van der Waals surface area contributed by atoms with Gasteiger partial charge in [0.05, 0.1) is 6.10 Å². The van der Waals surface area contributed by atoms with E-state index in [1.165, 1.54) is 6.42 Å². The lowest BCUT2D eigenvalue weighted by molar-refractivity contribution is 0.222. The quantitative estimate of drug-likeness (QED) is 0.921. The van der Waals surface area contributed by atoms with Crippen molar-refractivity contribution < 1.29 is 4.74 Å². The van der Waals surface area contributed by atoms with Crippen LogP contribution in [0.5, 0.6) is 6.01 Å². The average Bonchev–Trinajstić information content (AvgIpc) is 2.58. The van der Waals surface area contributed by atoms with Crippen molar-refractivity contribution in [2.45, 2.75) is 53.1 Å². The molecule has 118 valence electrons. The molecule has 0 unspecified atom stereocenters. The summed E-state index contributed by atoms with van der Waals surface area (Å²) in [5, 5.41) is 2.98. The fourth-order valence-electron chi connectivity index (χ4n) is 2.49. The summed E-state index contributed by atoms with van der Waals surface area (Å²) in [6.07, 6.45) is 3.60. The number of anilines is 2. The van der Waals surface area contributed by atoms with Crippen LogP contribution in [0, 0.1) is 5.41 Å². The second kappa shape index (κ2) is 6.45. The molecule has 1 fully saturated rings. The Bertz CT molecular complexity index is 475. The van der Waals surface area contributed by atoms with Gasteiger partial charge in [0.2, 0.25) is 11.9 Å². The predicted molar refractivity (Wildman–Crippen MR) is 85.0 cm³/mol. The third-order valence-corrected chi connectivity index (χ3v) is 3.79. The van der Waals surface area contributed by atoms with Crippen LogP contribution >= 0.6 is 0 Å². The van der Waals surface area contributed by atoms with Gasteiger partial charge in [-0.1, -0.05) is 13.8 Å². The first-order chi connectivity index (χ1) is 9.89. The topological polar surface area (TPSA) is 63.2 Å². The van der Waals surface area contributed by atoms with Crippen LogP contribution in [0.15, 0.2) is 0 Å². The second-order valence-corrected chi connectivity index (χ2v) is 6.66. The first-order valence-electron chi connectivity index (χ1n) is 7.75. The van der Waals surface area contributed by atoms with Crippen molar-refractivity contribution in [3.63, 3.8) is 0 Å². The summed E-state index contributed by atoms with van der Waals surface area (Å²) in [5.74, 6) is 1.27. The van der Waals surface area contributed by atoms with Gasteiger partial charge in [-0.25, -0.2) is 0 Å². The van der Waals surface area contributed by atoms with E-state index in [1.54, 1.807) is 0 Å². The highest BCUT2D eigenvalue weighted by atomic mass is 16.5. The number of nitrogens with zero attached hydrogens (tertiary/aromatic N) is 4. The minimum Gasteiger partial charge on any atom is -0.461 e. The van der Waals surface area contributed by atoms with E-state index in [0.717, 1.165) is 25.9 Å². The summed E-state index contributed by atoms with van der Waals surface area (Å²) in [4.78, 5) is 15.5. The first-order valence-corrected chi connectivity index (χ1v) is 7.75. The third-order valence-electron chi connectivity index (χ3n) is 3.79. The van der Waals surface area contributed by atoms with Crippen LogP contribution in [0.4, 0.5) is 11.9 Å². The molecule has 6 heteroatoms. The molecule has 6 nitrogen and oxygen atoms in total. The van der Waals surface area contributed by atoms with Gasteiger partial charge in [-0.15, -0.1) is 0 Å². The van der Waals surface area contributed by atoms with E-state index < -0.39 is 0 Å². The van der Waals surface area contributed by atoms with Crippen LogP contribution in [-0.4, -0.2) is 41.2 Å². The normalized spacial score (nSPS) is 18.5. The fraction of sp³-hybridized carbons (Fsp3) is 0.800. The molecule has 0 radical (unpaired) electrons. The van der Waals surface area contributed by atoms with Crippen LogP contribution in [0.3, 0.4) is 0 Å². The van der Waals surface area contributed by atoms with E-state index in [-0.39, 0.29) is 6.10 Å². The molecule has 0 atom stereocenters. The average molecular weight is 293 g/mol. The Labute approximate surface area is 127 Å². The maximum atomic E-state index is 5.63. The molecule has 1 aliphatic heterocycles. The first kappa shape index (κ1) is 15.8. The number of rotatable bonds is 4. The maximum absolute atomic E-state index is 5.63. The summed E-state index contributed by atoms with van der Waals surface area (Å²) in [6.45, 7) is 10.6. The van der Waals surface area contributed by atoms with Crippen LogP contribution < -0.4 is 15.0 Å². The van der Waals surface area contributed by atoms with Crippen molar-refractivity contribution in [3.05, 3.63) is 0 Å². The van der Waals surface area contributed by atoms with E-state index in [2.05, 4.69) is 39.0 Å². The Kier molecular flexibility index (Phi) is 4.85. The fourth-order valence-corrected chi connectivity index (χ4v) is 2.49. The summed E-state index contributed by atoms with van der Waals surface area (Å²) in [5.41, 5.74) is 0.394. The van der Waals surface area contributed by atoms with Gasteiger partial charge in [0, 0.05) is 20.1 Å². The van der Waals surface area contributed by atoms with Crippen molar-refractivity contribution in [1.82, 2.24) is 15.0 Å². The lowest BCUT2D eigenvalue weighted by Gasteiger charge is -2.23. The highest BCUT2D eigenvalue weighted by Crippen LogP contribution is 2.31. The zero-order valence-electron chi connectivity index (χ0n) is 13.8. The molecule has 1 aromatic heterocycles.